The Hall–Kier alpha value is -2.54. The highest BCUT2D eigenvalue weighted by atomic mass is 79.9. The van der Waals surface area contributed by atoms with Crippen molar-refractivity contribution in [3.05, 3.63) is 52.0 Å². The minimum atomic E-state index is -0.569. The van der Waals surface area contributed by atoms with Gasteiger partial charge in [-0.3, -0.25) is 4.90 Å². The highest BCUT2D eigenvalue weighted by molar-refractivity contribution is 9.10. The maximum atomic E-state index is 12.4. The van der Waals surface area contributed by atoms with Gasteiger partial charge in [0.05, 0.1) is 13.1 Å². The first kappa shape index (κ1) is 19.8. The summed E-state index contributed by atoms with van der Waals surface area (Å²) in [7, 11) is 0. The van der Waals surface area contributed by atoms with Gasteiger partial charge in [-0.25, -0.2) is 9.59 Å². The van der Waals surface area contributed by atoms with E-state index in [2.05, 4.69) is 39.4 Å². The number of nitrogens with zero attached hydrogens (tertiary/aromatic N) is 1. The number of alkyl carbamates (subject to hydrolysis) is 1. The first-order chi connectivity index (χ1) is 13.7. The van der Waals surface area contributed by atoms with Crippen LogP contribution in [0, 0.1) is 0 Å². The van der Waals surface area contributed by atoms with E-state index in [1.807, 2.05) is 18.2 Å². The van der Waals surface area contributed by atoms with Crippen molar-refractivity contribution < 1.29 is 19.1 Å². The molecule has 2 aliphatic rings. The van der Waals surface area contributed by atoms with Crippen molar-refractivity contribution in [2.45, 2.75) is 38.9 Å². The average Bonchev–Trinajstić information content (AvgIpc) is 3.17. The third-order valence-corrected chi connectivity index (χ3v) is 5.38. The summed E-state index contributed by atoms with van der Waals surface area (Å²) in [6, 6.07) is 12.4. The lowest BCUT2D eigenvalue weighted by molar-refractivity contribution is 0.0496. The fourth-order valence-corrected chi connectivity index (χ4v) is 4.09. The Bertz CT molecular complexity index is 983. The number of hydrogen-bond donors (Lipinski definition) is 1. The Morgan fingerprint density at radius 3 is 2.62 bits per heavy atom. The number of cyclic esters (lactones) is 1. The average molecular weight is 459 g/mol. The van der Waals surface area contributed by atoms with Crippen molar-refractivity contribution in [3.8, 4) is 11.1 Å². The number of nitrogens with one attached hydrogen (secondary N) is 1. The van der Waals surface area contributed by atoms with Crippen molar-refractivity contribution in [3.63, 3.8) is 0 Å². The standard InChI is InChI=1S/C22H23BrN2O4/c1-22(2,3)29-20(26)24-11-17-12-25(21(27)28-17)16-5-7-19-14(10-16)8-13-9-15(23)4-6-18(13)19/h4-7,9-10,17H,8,11-12H2,1-3H3,(H,24,26)/t17-/m0/s1. The summed E-state index contributed by atoms with van der Waals surface area (Å²) in [4.78, 5) is 25.8. The van der Waals surface area contributed by atoms with Crippen LogP contribution in [0.2, 0.25) is 0 Å². The van der Waals surface area contributed by atoms with Crippen LogP contribution in [0.5, 0.6) is 0 Å². The van der Waals surface area contributed by atoms with E-state index in [0.29, 0.717) is 6.54 Å². The number of anilines is 1. The van der Waals surface area contributed by atoms with Crippen molar-refractivity contribution in [1.29, 1.82) is 0 Å². The second-order valence-corrected chi connectivity index (χ2v) is 9.23. The number of carbonyl (C=O) groups is 2. The quantitative estimate of drug-likeness (QED) is 0.607. The highest BCUT2D eigenvalue weighted by Crippen LogP contribution is 2.40. The molecule has 1 heterocycles. The summed E-state index contributed by atoms with van der Waals surface area (Å²) in [5.74, 6) is 0. The van der Waals surface area contributed by atoms with Crippen LogP contribution in [0.4, 0.5) is 15.3 Å². The van der Waals surface area contributed by atoms with Crippen LogP contribution < -0.4 is 10.2 Å². The molecular weight excluding hydrogens is 436 g/mol. The van der Waals surface area contributed by atoms with E-state index in [-0.39, 0.29) is 6.54 Å². The van der Waals surface area contributed by atoms with Crippen molar-refractivity contribution in [2.75, 3.05) is 18.0 Å². The zero-order chi connectivity index (χ0) is 20.8. The molecule has 1 saturated heterocycles. The van der Waals surface area contributed by atoms with Crippen LogP contribution in [0.25, 0.3) is 11.1 Å². The molecule has 1 N–H and O–H groups in total. The molecule has 29 heavy (non-hydrogen) atoms. The van der Waals surface area contributed by atoms with Gasteiger partial charge in [-0.15, -0.1) is 0 Å². The second-order valence-electron chi connectivity index (χ2n) is 8.32. The van der Waals surface area contributed by atoms with E-state index in [1.165, 1.54) is 22.3 Å². The van der Waals surface area contributed by atoms with Gasteiger partial charge in [-0.05, 0) is 73.7 Å². The summed E-state index contributed by atoms with van der Waals surface area (Å²) in [6.45, 7) is 5.99. The van der Waals surface area contributed by atoms with Gasteiger partial charge >= 0.3 is 12.2 Å². The molecule has 2 aromatic rings. The van der Waals surface area contributed by atoms with Crippen molar-refractivity contribution in [2.24, 2.45) is 0 Å². The molecule has 1 fully saturated rings. The molecule has 2 aromatic carbocycles. The van der Waals surface area contributed by atoms with Gasteiger partial charge in [-0.2, -0.15) is 0 Å². The molecule has 7 heteroatoms. The molecule has 6 nitrogen and oxygen atoms in total. The van der Waals surface area contributed by atoms with E-state index in [9.17, 15) is 9.59 Å². The molecule has 0 saturated carbocycles. The predicted octanol–water partition coefficient (Wildman–Crippen LogP) is 4.87. The van der Waals surface area contributed by atoms with Gasteiger partial charge in [0, 0.05) is 10.2 Å². The van der Waals surface area contributed by atoms with Crippen LogP contribution in [-0.4, -0.2) is 37.0 Å². The number of halogens is 1. The first-order valence-electron chi connectivity index (χ1n) is 9.56. The summed E-state index contributed by atoms with van der Waals surface area (Å²) in [5, 5.41) is 2.66. The van der Waals surface area contributed by atoms with Crippen LogP contribution in [0.1, 0.15) is 31.9 Å². The zero-order valence-corrected chi connectivity index (χ0v) is 18.2. The first-order valence-corrected chi connectivity index (χ1v) is 10.4. The molecule has 1 aliphatic heterocycles. The number of benzene rings is 2. The Morgan fingerprint density at radius 1 is 1.21 bits per heavy atom. The SMILES string of the molecule is CC(C)(C)OC(=O)NC[C@H]1CN(c2ccc3c(c2)Cc2cc(Br)ccc2-3)C(=O)O1. The summed E-state index contributed by atoms with van der Waals surface area (Å²) >= 11 is 3.52. The van der Waals surface area contributed by atoms with Crippen LogP contribution in [0.15, 0.2) is 40.9 Å². The number of ether oxygens (including phenoxy) is 2. The summed E-state index contributed by atoms with van der Waals surface area (Å²) in [6.07, 6.45) is -0.506. The van der Waals surface area contributed by atoms with E-state index >= 15 is 0 Å². The van der Waals surface area contributed by atoms with E-state index < -0.39 is 23.9 Å². The van der Waals surface area contributed by atoms with E-state index in [1.54, 1.807) is 25.7 Å². The molecule has 2 amide bonds. The topological polar surface area (TPSA) is 67.9 Å². The van der Waals surface area contributed by atoms with Crippen LogP contribution in [0.3, 0.4) is 0 Å². The van der Waals surface area contributed by atoms with Crippen LogP contribution in [-0.2, 0) is 15.9 Å². The largest absolute Gasteiger partial charge is 0.444 e. The molecule has 1 aliphatic carbocycles. The van der Waals surface area contributed by atoms with E-state index in [4.69, 9.17) is 9.47 Å². The smallest absolute Gasteiger partial charge is 0.414 e. The van der Waals surface area contributed by atoms with Crippen molar-refractivity contribution >= 4 is 33.8 Å². The van der Waals surface area contributed by atoms with Gasteiger partial charge in [0.1, 0.15) is 11.7 Å². The van der Waals surface area contributed by atoms with Gasteiger partial charge in [0.15, 0.2) is 0 Å². The minimum absolute atomic E-state index is 0.210. The van der Waals surface area contributed by atoms with Crippen molar-refractivity contribution in [1.82, 2.24) is 5.32 Å². The number of fused-ring (bicyclic) bond motifs is 3. The summed E-state index contributed by atoms with van der Waals surface area (Å²) < 4.78 is 11.7. The van der Waals surface area contributed by atoms with Crippen LogP contribution >= 0.6 is 15.9 Å². The number of carbonyl (C=O) groups excluding carboxylic acids is 2. The number of rotatable bonds is 3. The lowest BCUT2D eigenvalue weighted by atomic mass is 10.1. The second kappa shape index (κ2) is 7.37. The maximum Gasteiger partial charge on any atom is 0.414 e. The number of hydrogen-bond acceptors (Lipinski definition) is 4. The molecule has 0 aromatic heterocycles. The zero-order valence-electron chi connectivity index (χ0n) is 16.6. The fourth-order valence-electron chi connectivity index (χ4n) is 3.68. The Kier molecular flexibility index (Phi) is 5.02. The predicted molar refractivity (Wildman–Crippen MR) is 114 cm³/mol. The molecular formula is C22H23BrN2O4. The third kappa shape index (κ3) is 4.24. The lowest BCUT2D eigenvalue weighted by Gasteiger charge is -2.20. The molecule has 0 spiro atoms. The Balaban J connectivity index is 1.42. The molecule has 1 atom stereocenters. The Labute approximate surface area is 178 Å². The van der Waals surface area contributed by atoms with E-state index in [0.717, 1.165) is 16.6 Å². The molecule has 4 rings (SSSR count). The molecule has 0 unspecified atom stereocenters. The highest BCUT2D eigenvalue weighted by Gasteiger charge is 2.33. The molecule has 0 radical (unpaired) electrons. The van der Waals surface area contributed by atoms with Gasteiger partial charge in [0.25, 0.3) is 0 Å². The van der Waals surface area contributed by atoms with Gasteiger partial charge in [-0.1, -0.05) is 28.1 Å². The lowest BCUT2D eigenvalue weighted by Crippen LogP contribution is -2.38. The summed E-state index contributed by atoms with van der Waals surface area (Å²) in [5.41, 5.74) is 5.14. The minimum Gasteiger partial charge on any atom is -0.444 e. The Morgan fingerprint density at radius 2 is 1.90 bits per heavy atom. The molecule has 0 bridgehead atoms. The normalized spacial score (nSPS) is 17.6. The fraction of sp³-hybridized carbons (Fsp3) is 0.364. The van der Waals surface area contributed by atoms with Gasteiger partial charge < -0.3 is 14.8 Å². The number of amides is 2. The maximum absolute atomic E-state index is 12.4. The monoisotopic (exact) mass is 458 g/mol. The third-order valence-electron chi connectivity index (χ3n) is 4.89. The molecule has 152 valence electrons. The van der Waals surface area contributed by atoms with Gasteiger partial charge in [0.2, 0.25) is 0 Å².